The van der Waals surface area contributed by atoms with Crippen molar-refractivity contribution in [2.45, 2.75) is 25.7 Å². The predicted molar refractivity (Wildman–Crippen MR) is 110 cm³/mol. The minimum Gasteiger partial charge on any atom is -0.332 e. The van der Waals surface area contributed by atoms with E-state index < -0.39 is 0 Å². The lowest BCUT2D eigenvalue weighted by Crippen LogP contribution is -2.21. The van der Waals surface area contributed by atoms with E-state index in [9.17, 15) is 4.79 Å². The Kier molecular flexibility index (Phi) is 4.50. The minimum atomic E-state index is -0.294. The normalized spacial score (nSPS) is 13.5. The van der Waals surface area contributed by atoms with E-state index in [1.807, 2.05) is 30.3 Å². The van der Waals surface area contributed by atoms with Gasteiger partial charge in [-0.1, -0.05) is 29.8 Å². The summed E-state index contributed by atoms with van der Waals surface area (Å²) in [4.78, 5) is 17.3. The SMILES string of the molecule is O=c1[nH]c2sc3c(c2c(NC(=S)Nc2ccccc2)c1Cl)CCCC3. The van der Waals surface area contributed by atoms with Gasteiger partial charge in [0.05, 0.1) is 5.69 Å². The van der Waals surface area contributed by atoms with Gasteiger partial charge in [-0.15, -0.1) is 11.3 Å². The molecule has 1 aliphatic rings. The van der Waals surface area contributed by atoms with Crippen molar-refractivity contribution in [1.29, 1.82) is 0 Å². The second-order valence-electron chi connectivity index (χ2n) is 6.00. The molecule has 25 heavy (non-hydrogen) atoms. The molecular weight excluding hydrogens is 374 g/mol. The number of halogens is 1. The first kappa shape index (κ1) is 16.6. The zero-order valence-corrected chi connectivity index (χ0v) is 15.7. The van der Waals surface area contributed by atoms with Crippen LogP contribution in [0.4, 0.5) is 11.4 Å². The third-order valence-corrected chi connectivity index (χ3v) is 6.11. The average molecular weight is 390 g/mol. The zero-order valence-electron chi connectivity index (χ0n) is 13.3. The van der Waals surface area contributed by atoms with Crippen LogP contribution in [0.15, 0.2) is 35.1 Å². The third kappa shape index (κ3) is 3.17. The number of benzene rings is 1. The van der Waals surface area contributed by atoms with Crippen molar-refractivity contribution in [2.75, 3.05) is 10.6 Å². The van der Waals surface area contributed by atoms with Crippen LogP contribution in [0, 0.1) is 0 Å². The summed E-state index contributed by atoms with van der Waals surface area (Å²) in [6.07, 6.45) is 4.40. The summed E-state index contributed by atoms with van der Waals surface area (Å²) in [5.74, 6) is 0. The van der Waals surface area contributed by atoms with Crippen LogP contribution in [0.2, 0.25) is 5.02 Å². The number of aromatic amines is 1. The van der Waals surface area contributed by atoms with Crippen LogP contribution >= 0.6 is 35.2 Å². The Balaban J connectivity index is 1.75. The van der Waals surface area contributed by atoms with Crippen LogP contribution < -0.4 is 16.2 Å². The van der Waals surface area contributed by atoms with Crippen LogP contribution in [0.25, 0.3) is 10.2 Å². The smallest absolute Gasteiger partial charge is 0.269 e. The van der Waals surface area contributed by atoms with Crippen LogP contribution in [0.5, 0.6) is 0 Å². The van der Waals surface area contributed by atoms with Gasteiger partial charge in [0.1, 0.15) is 9.85 Å². The molecule has 0 aliphatic heterocycles. The summed E-state index contributed by atoms with van der Waals surface area (Å²) in [5, 5.41) is 7.84. The molecule has 0 unspecified atom stereocenters. The lowest BCUT2D eigenvalue weighted by atomic mass is 9.96. The van der Waals surface area contributed by atoms with E-state index in [4.69, 9.17) is 23.8 Å². The Labute approximate surface area is 159 Å². The van der Waals surface area contributed by atoms with Gasteiger partial charge in [0.25, 0.3) is 5.56 Å². The van der Waals surface area contributed by atoms with Crippen LogP contribution in [-0.4, -0.2) is 10.1 Å². The molecule has 0 saturated heterocycles. The summed E-state index contributed by atoms with van der Waals surface area (Å²) < 4.78 is 0. The fourth-order valence-electron chi connectivity index (χ4n) is 3.21. The maximum atomic E-state index is 12.2. The number of pyridine rings is 1. The number of hydrogen-bond acceptors (Lipinski definition) is 3. The first-order valence-corrected chi connectivity index (χ1v) is 9.73. The number of thiophene rings is 1. The topological polar surface area (TPSA) is 56.9 Å². The van der Waals surface area contributed by atoms with E-state index in [0.29, 0.717) is 10.8 Å². The van der Waals surface area contributed by atoms with Crippen LogP contribution in [-0.2, 0) is 12.8 Å². The maximum Gasteiger partial charge on any atom is 0.269 e. The fourth-order valence-corrected chi connectivity index (χ4v) is 4.91. The molecule has 2 aromatic heterocycles. The van der Waals surface area contributed by atoms with Gasteiger partial charge in [0, 0.05) is 16.0 Å². The number of nitrogens with one attached hydrogen (secondary N) is 3. The van der Waals surface area contributed by atoms with Crippen molar-refractivity contribution in [2.24, 2.45) is 0 Å². The molecule has 0 bridgehead atoms. The molecule has 7 heteroatoms. The molecule has 4 nitrogen and oxygen atoms in total. The number of anilines is 2. The summed E-state index contributed by atoms with van der Waals surface area (Å²) in [6.45, 7) is 0. The van der Waals surface area contributed by atoms with Crippen molar-refractivity contribution < 1.29 is 0 Å². The van der Waals surface area contributed by atoms with Gasteiger partial charge in [-0.25, -0.2) is 0 Å². The quantitative estimate of drug-likeness (QED) is 0.544. The number of aromatic nitrogens is 1. The van der Waals surface area contributed by atoms with E-state index in [2.05, 4.69) is 15.6 Å². The molecule has 2 heterocycles. The van der Waals surface area contributed by atoms with Crippen LogP contribution in [0.1, 0.15) is 23.3 Å². The largest absolute Gasteiger partial charge is 0.332 e. The highest BCUT2D eigenvalue weighted by Gasteiger charge is 2.22. The van der Waals surface area contributed by atoms with E-state index in [1.165, 1.54) is 16.9 Å². The van der Waals surface area contributed by atoms with E-state index in [1.54, 1.807) is 11.3 Å². The molecule has 3 aromatic rings. The Morgan fingerprint density at radius 2 is 1.92 bits per heavy atom. The van der Waals surface area contributed by atoms with E-state index >= 15 is 0 Å². The molecule has 0 fully saturated rings. The lowest BCUT2D eigenvalue weighted by Gasteiger charge is -2.15. The number of thiocarbonyl (C=S) groups is 1. The minimum absolute atomic E-state index is 0.149. The molecule has 128 valence electrons. The lowest BCUT2D eigenvalue weighted by molar-refractivity contribution is 0.700. The van der Waals surface area contributed by atoms with E-state index in [-0.39, 0.29) is 10.6 Å². The van der Waals surface area contributed by atoms with Gasteiger partial charge in [-0.3, -0.25) is 4.79 Å². The van der Waals surface area contributed by atoms with Gasteiger partial charge < -0.3 is 15.6 Å². The Morgan fingerprint density at radius 1 is 1.16 bits per heavy atom. The number of para-hydroxylation sites is 1. The van der Waals surface area contributed by atoms with E-state index in [0.717, 1.165) is 35.2 Å². The molecule has 1 aliphatic carbocycles. The summed E-state index contributed by atoms with van der Waals surface area (Å²) in [5.41, 5.74) is 2.48. The Morgan fingerprint density at radius 3 is 2.72 bits per heavy atom. The number of rotatable bonds is 2. The maximum absolute atomic E-state index is 12.2. The van der Waals surface area contributed by atoms with Crippen LogP contribution in [0.3, 0.4) is 0 Å². The standard InChI is InChI=1S/C18H16ClN3OS2/c19-14-15(21-18(24)20-10-6-2-1-3-7-10)13-11-8-4-5-9-12(11)25-17(13)22-16(14)23/h1-3,6-7H,4-5,8-9H2,(H3,20,21,22,23,24). The second kappa shape index (κ2) is 6.78. The van der Waals surface area contributed by atoms with Crippen molar-refractivity contribution >= 4 is 61.9 Å². The molecule has 4 rings (SSSR count). The van der Waals surface area contributed by atoms with Crippen molar-refractivity contribution in [1.82, 2.24) is 4.98 Å². The molecule has 0 saturated carbocycles. The summed E-state index contributed by atoms with van der Waals surface area (Å²) in [6, 6.07) is 9.65. The molecule has 0 amide bonds. The Hall–Kier alpha value is -1.89. The van der Waals surface area contributed by atoms with Gasteiger partial charge >= 0.3 is 0 Å². The van der Waals surface area contributed by atoms with Crippen molar-refractivity contribution in [3.8, 4) is 0 Å². The number of fused-ring (bicyclic) bond motifs is 3. The second-order valence-corrected chi connectivity index (χ2v) is 7.89. The molecule has 0 spiro atoms. The third-order valence-electron chi connectivity index (χ3n) is 4.34. The van der Waals surface area contributed by atoms with Gasteiger partial charge in [-0.2, -0.15) is 0 Å². The number of H-pyrrole nitrogens is 1. The summed E-state index contributed by atoms with van der Waals surface area (Å²) >= 11 is 13.4. The highest BCUT2D eigenvalue weighted by molar-refractivity contribution is 7.80. The van der Waals surface area contributed by atoms with Gasteiger partial charge in [-0.05, 0) is 55.6 Å². The molecule has 0 atom stereocenters. The number of aryl methyl sites for hydroxylation is 2. The number of hydrogen-bond donors (Lipinski definition) is 3. The Bertz CT molecular complexity index is 1010. The molecule has 3 N–H and O–H groups in total. The summed E-state index contributed by atoms with van der Waals surface area (Å²) in [7, 11) is 0. The molecule has 1 aromatic carbocycles. The van der Waals surface area contributed by atoms with Gasteiger partial charge in [0.2, 0.25) is 0 Å². The highest BCUT2D eigenvalue weighted by atomic mass is 35.5. The van der Waals surface area contributed by atoms with Crippen molar-refractivity contribution in [3.63, 3.8) is 0 Å². The molecule has 0 radical (unpaired) electrons. The zero-order chi connectivity index (χ0) is 17.4. The predicted octanol–water partition coefficient (Wildman–Crippen LogP) is 4.93. The highest BCUT2D eigenvalue weighted by Crippen LogP contribution is 2.40. The molecular formula is C18H16ClN3OS2. The first-order valence-electron chi connectivity index (χ1n) is 8.12. The first-order chi connectivity index (χ1) is 12.1. The van der Waals surface area contributed by atoms with Gasteiger partial charge in [0.15, 0.2) is 5.11 Å². The van der Waals surface area contributed by atoms with Crippen molar-refractivity contribution in [3.05, 3.63) is 56.1 Å². The average Bonchev–Trinajstić information content (AvgIpc) is 2.97. The fraction of sp³-hybridized carbons (Fsp3) is 0.222. The monoisotopic (exact) mass is 389 g/mol.